The summed E-state index contributed by atoms with van der Waals surface area (Å²) in [7, 11) is 0. The standard InChI is InChI=1S/C20H22N4O2S2/c1-14(18(25)23-10-8-17-16(13-23)9-12-27-17)28-20-22-21-19(26)24(20)11-7-15-5-3-2-4-6-15/h2-6,9,12,14H,7-8,10-11,13H2,1H3,(H,21,26). The number of aromatic amines is 1. The Morgan fingerprint density at radius 2 is 2.14 bits per heavy atom. The van der Waals surface area contributed by atoms with Gasteiger partial charge in [-0.2, -0.15) is 0 Å². The van der Waals surface area contributed by atoms with Crippen LogP contribution in [-0.2, 0) is 30.7 Å². The van der Waals surface area contributed by atoms with Crippen molar-refractivity contribution in [1.82, 2.24) is 19.7 Å². The van der Waals surface area contributed by atoms with E-state index in [4.69, 9.17) is 0 Å². The normalized spacial score (nSPS) is 14.7. The van der Waals surface area contributed by atoms with Crippen molar-refractivity contribution in [1.29, 1.82) is 0 Å². The third-order valence-corrected chi connectivity index (χ3v) is 7.04. The Balaban J connectivity index is 1.41. The number of thiophene rings is 1. The minimum absolute atomic E-state index is 0.0897. The summed E-state index contributed by atoms with van der Waals surface area (Å²) in [6.07, 6.45) is 1.66. The van der Waals surface area contributed by atoms with Gasteiger partial charge in [0, 0.05) is 24.5 Å². The van der Waals surface area contributed by atoms with Crippen LogP contribution in [0.4, 0.5) is 0 Å². The fraction of sp³-hybridized carbons (Fsp3) is 0.350. The molecule has 3 aromatic rings. The second-order valence-electron chi connectivity index (χ2n) is 6.84. The topological polar surface area (TPSA) is 71.0 Å². The molecule has 6 nitrogen and oxygen atoms in total. The van der Waals surface area contributed by atoms with E-state index in [2.05, 4.69) is 21.6 Å². The number of nitrogens with one attached hydrogen (secondary N) is 1. The van der Waals surface area contributed by atoms with Gasteiger partial charge in [0.1, 0.15) is 0 Å². The van der Waals surface area contributed by atoms with E-state index in [0.29, 0.717) is 18.2 Å². The molecule has 0 saturated carbocycles. The van der Waals surface area contributed by atoms with E-state index < -0.39 is 0 Å². The fourth-order valence-electron chi connectivity index (χ4n) is 3.38. The molecule has 0 saturated heterocycles. The van der Waals surface area contributed by atoms with Gasteiger partial charge in [0.25, 0.3) is 0 Å². The van der Waals surface area contributed by atoms with Crippen LogP contribution in [0.2, 0.25) is 0 Å². The molecule has 1 aromatic carbocycles. The highest BCUT2D eigenvalue weighted by molar-refractivity contribution is 8.00. The lowest BCUT2D eigenvalue weighted by Crippen LogP contribution is -2.39. The molecule has 1 N–H and O–H groups in total. The Labute approximate surface area is 171 Å². The number of fused-ring (bicyclic) bond motifs is 1. The molecule has 4 rings (SSSR count). The summed E-state index contributed by atoms with van der Waals surface area (Å²) in [6.45, 7) is 3.84. The molecule has 1 aliphatic heterocycles. The second-order valence-corrected chi connectivity index (χ2v) is 9.15. The summed E-state index contributed by atoms with van der Waals surface area (Å²) in [4.78, 5) is 28.4. The molecular weight excluding hydrogens is 392 g/mol. The van der Waals surface area contributed by atoms with Gasteiger partial charge < -0.3 is 4.90 Å². The van der Waals surface area contributed by atoms with Gasteiger partial charge in [-0.3, -0.25) is 9.36 Å². The Hall–Kier alpha value is -2.32. The van der Waals surface area contributed by atoms with Crippen LogP contribution in [-0.4, -0.2) is 37.4 Å². The first-order chi connectivity index (χ1) is 13.6. The van der Waals surface area contributed by atoms with E-state index in [9.17, 15) is 9.59 Å². The minimum Gasteiger partial charge on any atom is -0.337 e. The molecule has 1 aliphatic rings. The minimum atomic E-state index is -0.300. The zero-order chi connectivity index (χ0) is 19.5. The highest BCUT2D eigenvalue weighted by Gasteiger charge is 2.27. The van der Waals surface area contributed by atoms with E-state index in [1.807, 2.05) is 42.2 Å². The SMILES string of the molecule is CC(Sc1n[nH]c(=O)n1CCc1ccccc1)C(=O)N1CCc2sccc2C1. The van der Waals surface area contributed by atoms with Crippen molar-refractivity contribution < 1.29 is 4.79 Å². The number of carbonyl (C=O) groups excluding carboxylic acids is 1. The summed E-state index contributed by atoms with van der Waals surface area (Å²) in [5.41, 5.74) is 2.18. The van der Waals surface area contributed by atoms with Crippen LogP contribution >= 0.6 is 23.1 Å². The number of thioether (sulfide) groups is 1. The van der Waals surface area contributed by atoms with Crippen LogP contribution < -0.4 is 5.69 Å². The molecule has 1 amide bonds. The largest absolute Gasteiger partial charge is 0.343 e. The Kier molecular flexibility index (Phi) is 5.68. The van der Waals surface area contributed by atoms with Crippen molar-refractivity contribution in [2.75, 3.05) is 6.54 Å². The molecule has 1 unspecified atom stereocenters. The van der Waals surface area contributed by atoms with Crippen LogP contribution in [0.3, 0.4) is 0 Å². The van der Waals surface area contributed by atoms with E-state index in [-0.39, 0.29) is 16.8 Å². The van der Waals surface area contributed by atoms with E-state index in [1.54, 1.807) is 15.9 Å². The molecule has 28 heavy (non-hydrogen) atoms. The first-order valence-electron chi connectivity index (χ1n) is 9.31. The number of hydrogen-bond acceptors (Lipinski definition) is 5. The summed E-state index contributed by atoms with van der Waals surface area (Å²) in [5.74, 6) is 0.0897. The van der Waals surface area contributed by atoms with Crippen molar-refractivity contribution in [3.05, 3.63) is 68.3 Å². The summed E-state index contributed by atoms with van der Waals surface area (Å²) in [5, 5.41) is 9.02. The lowest BCUT2D eigenvalue weighted by atomic mass is 10.1. The molecule has 0 fully saturated rings. The number of hydrogen-bond donors (Lipinski definition) is 1. The predicted octanol–water partition coefficient (Wildman–Crippen LogP) is 2.94. The summed E-state index contributed by atoms with van der Waals surface area (Å²) in [6, 6.07) is 12.1. The first kappa shape index (κ1) is 19.0. The number of aryl methyl sites for hydroxylation is 1. The highest BCUT2D eigenvalue weighted by atomic mass is 32.2. The van der Waals surface area contributed by atoms with Crippen LogP contribution in [0.25, 0.3) is 0 Å². The zero-order valence-corrected chi connectivity index (χ0v) is 17.3. The van der Waals surface area contributed by atoms with Crippen molar-refractivity contribution >= 4 is 29.0 Å². The molecule has 0 bridgehead atoms. The summed E-state index contributed by atoms with van der Waals surface area (Å²) < 4.78 is 1.62. The molecule has 0 spiro atoms. The molecule has 8 heteroatoms. The van der Waals surface area contributed by atoms with E-state index >= 15 is 0 Å². The Bertz CT molecular complexity index is 1010. The smallest absolute Gasteiger partial charge is 0.337 e. The lowest BCUT2D eigenvalue weighted by molar-refractivity contribution is -0.131. The number of carbonyl (C=O) groups is 1. The number of amides is 1. The van der Waals surface area contributed by atoms with E-state index in [0.717, 1.165) is 24.9 Å². The van der Waals surface area contributed by atoms with Gasteiger partial charge in [-0.15, -0.1) is 16.4 Å². The molecule has 0 radical (unpaired) electrons. The summed E-state index contributed by atoms with van der Waals surface area (Å²) >= 11 is 3.11. The molecule has 2 aromatic heterocycles. The average molecular weight is 415 g/mol. The number of H-pyrrole nitrogens is 1. The van der Waals surface area contributed by atoms with Crippen molar-refractivity contribution in [2.45, 2.75) is 43.3 Å². The van der Waals surface area contributed by atoms with Gasteiger partial charge in [0.05, 0.1) is 5.25 Å². The fourth-order valence-corrected chi connectivity index (χ4v) is 5.23. The van der Waals surface area contributed by atoms with E-state index in [1.165, 1.54) is 22.2 Å². The molecule has 0 aliphatic carbocycles. The highest BCUT2D eigenvalue weighted by Crippen LogP contribution is 2.27. The number of rotatable bonds is 6. The Morgan fingerprint density at radius 1 is 1.32 bits per heavy atom. The first-order valence-corrected chi connectivity index (χ1v) is 11.1. The third-order valence-electron chi connectivity index (χ3n) is 4.94. The van der Waals surface area contributed by atoms with Crippen molar-refractivity contribution in [3.8, 4) is 0 Å². The van der Waals surface area contributed by atoms with Crippen molar-refractivity contribution in [2.24, 2.45) is 0 Å². The number of benzene rings is 1. The number of nitrogens with zero attached hydrogens (tertiary/aromatic N) is 3. The maximum absolute atomic E-state index is 12.9. The molecule has 146 valence electrons. The van der Waals surface area contributed by atoms with Crippen LogP contribution in [0, 0.1) is 0 Å². The molecule has 1 atom stereocenters. The van der Waals surface area contributed by atoms with Crippen molar-refractivity contribution in [3.63, 3.8) is 0 Å². The molecule has 3 heterocycles. The van der Waals surface area contributed by atoms with Gasteiger partial charge in [-0.1, -0.05) is 42.1 Å². The van der Waals surface area contributed by atoms with Crippen LogP contribution in [0.15, 0.2) is 51.7 Å². The van der Waals surface area contributed by atoms with Gasteiger partial charge in [0.15, 0.2) is 5.16 Å². The maximum Gasteiger partial charge on any atom is 0.343 e. The Morgan fingerprint density at radius 3 is 2.96 bits per heavy atom. The lowest BCUT2D eigenvalue weighted by Gasteiger charge is -2.29. The van der Waals surface area contributed by atoms with Crippen LogP contribution in [0.5, 0.6) is 0 Å². The third kappa shape index (κ3) is 4.07. The number of aromatic nitrogens is 3. The van der Waals surface area contributed by atoms with Gasteiger partial charge in [0.2, 0.25) is 5.91 Å². The average Bonchev–Trinajstić information content (AvgIpc) is 3.32. The quantitative estimate of drug-likeness (QED) is 0.630. The van der Waals surface area contributed by atoms with Gasteiger partial charge in [-0.25, -0.2) is 9.89 Å². The van der Waals surface area contributed by atoms with Gasteiger partial charge in [-0.05, 0) is 42.3 Å². The maximum atomic E-state index is 12.9. The van der Waals surface area contributed by atoms with Crippen LogP contribution in [0.1, 0.15) is 22.9 Å². The monoisotopic (exact) mass is 414 g/mol. The van der Waals surface area contributed by atoms with Gasteiger partial charge >= 0.3 is 5.69 Å². The second kappa shape index (κ2) is 8.36. The molecular formula is C20H22N4O2S2. The predicted molar refractivity (Wildman–Crippen MR) is 112 cm³/mol. The zero-order valence-electron chi connectivity index (χ0n) is 15.6.